The highest BCUT2D eigenvalue weighted by Crippen LogP contribution is 2.22. The summed E-state index contributed by atoms with van der Waals surface area (Å²) in [7, 11) is 4.20. The maximum Gasteiger partial charge on any atom is 0.0595 e. The molecule has 0 radical (unpaired) electrons. The Morgan fingerprint density at radius 2 is 1.83 bits per heavy atom. The first kappa shape index (κ1) is 15.8. The van der Waals surface area contributed by atoms with Crippen LogP contribution in [0.4, 0.5) is 0 Å². The van der Waals surface area contributed by atoms with Crippen molar-refractivity contribution in [3.63, 3.8) is 0 Å². The van der Waals surface area contributed by atoms with Gasteiger partial charge in [0.25, 0.3) is 0 Å². The second-order valence-electron chi connectivity index (χ2n) is 5.75. The van der Waals surface area contributed by atoms with E-state index >= 15 is 0 Å². The average molecular weight is 289 g/mol. The van der Waals surface area contributed by atoms with Crippen LogP contribution in [0.1, 0.15) is 19.4 Å². The van der Waals surface area contributed by atoms with Crippen molar-refractivity contribution in [3.05, 3.63) is 33.8 Å². The minimum Gasteiger partial charge on any atom is -0.312 e. The molecule has 2 nitrogen and oxygen atoms in total. The molecular weight excluding hydrogens is 267 g/mol. The Morgan fingerprint density at radius 1 is 1.17 bits per heavy atom. The normalized spacial score (nSPS) is 12.2. The lowest BCUT2D eigenvalue weighted by Crippen LogP contribution is -2.37. The first-order valence-electron chi connectivity index (χ1n) is 6.09. The quantitative estimate of drug-likeness (QED) is 0.859. The van der Waals surface area contributed by atoms with Crippen LogP contribution in [0.25, 0.3) is 0 Å². The van der Waals surface area contributed by atoms with Crippen molar-refractivity contribution in [1.82, 2.24) is 10.2 Å². The molecule has 0 saturated heterocycles. The van der Waals surface area contributed by atoms with Gasteiger partial charge in [-0.2, -0.15) is 0 Å². The van der Waals surface area contributed by atoms with Crippen LogP contribution in [0.2, 0.25) is 10.0 Å². The van der Waals surface area contributed by atoms with Crippen LogP contribution in [-0.4, -0.2) is 32.1 Å². The largest absolute Gasteiger partial charge is 0.312 e. The number of hydrogen-bond acceptors (Lipinski definition) is 2. The zero-order valence-corrected chi connectivity index (χ0v) is 13.1. The van der Waals surface area contributed by atoms with Gasteiger partial charge in [0.2, 0.25) is 0 Å². The number of rotatable bonds is 6. The molecular formula is C14H22Cl2N2. The van der Waals surface area contributed by atoms with Gasteiger partial charge in [-0.3, -0.25) is 0 Å². The maximum absolute atomic E-state index is 5.99. The van der Waals surface area contributed by atoms with Gasteiger partial charge in [0.05, 0.1) is 10.0 Å². The van der Waals surface area contributed by atoms with Crippen molar-refractivity contribution >= 4 is 23.2 Å². The van der Waals surface area contributed by atoms with E-state index in [1.54, 1.807) is 0 Å². The fourth-order valence-electron chi connectivity index (χ4n) is 2.11. The van der Waals surface area contributed by atoms with Gasteiger partial charge in [-0.15, -0.1) is 0 Å². The number of nitrogens with zero attached hydrogens (tertiary/aromatic N) is 1. The Balaban J connectivity index is 2.43. The van der Waals surface area contributed by atoms with Gasteiger partial charge >= 0.3 is 0 Å². The average Bonchev–Trinajstić information content (AvgIpc) is 2.21. The third-order valence-corrected chi connectivity index (χ3v) is 3.40. The van der Waals surface area contributed by atoms with Gasteiger partial charge in [-0.1, -0.05) is 43.1 Å². The molecule has 0 unspecified atom stereocenters. The molecule has 4 heteroatoms. The van der Waals surface area contributed by atoms with E-state index in [0.29, 0.717) is 10.0 Å². The van der Waals surface area contributed by atoms with Crippen molar-refractivity contribution < 1.29 is 0 Å². The first-order chi connectivity index (χ1) is 8.30. The topological polar surface area (TPSA) is 15.3 Å². The van der Waals surface area contributed by atoms with Crippen LogP contribution in [0, 0.1) is 5.41 Å². The predicted molar refractivity (Wildman–Crippen MR) is 80.5 cm³/mol. The van der Waals surface area contributed by atoms with Crippen molar-refractivity contribution in [2.75, 3.05) is 27.2 Å². The van der Waals surface area contributed by atoms with E-state index < -0.39 is 0 Å². The standard InChI is InChI=1S/C14H22Cl2N2/c1-14(2,10-18(3)4)9-17-8-11-5-6-12(15)13(16)7-11/h5-7,17H,8-10H2,1-4H3. The number of halogens is 2. The Labute approximate surface area is 120 Å². The van der Waals surface area contributed by atoms with Gasteiger partial charge in [0.1, 0.15) is 0 Å². The van der Waals surface area contributed by atoms with Gasteiger partial charge in [-0.05, 0) is 37.2 Å². The summed E-state index contributed by atoms with van der Waals surface area (Å²) in [6.45, 7) is 7.35. The van der Waals surface area contributed by atoms with Crippen LogP contribution in [0.3, 0.4) is 0 Å². The summed E-state index contributed by atoms with van der Waals surface area (Å²) < 4.78 is 0. The van der Waals surface area contributed by atoms with E-state index in [1.807, 2.05) is 18.2 Å². The Bertz CT molecular complexity index is 389. The summed E-state index contributed by atoms with van der Waals surface area (Å²) in [5.41, 5.74) is 1.41. The van der Waals surface area contributed by atoms with Gasteiger partial charge in [0, 0.05) is 19.6 Å². The highest BCUT2D eigenvalue weighted by molar-refractivity contribution is 6.42. The third kappa shape index (κ3) is 5.57. The van der Waals surface area contributed by atoms with Crippen molar-refractivity contribution in [3.8, 4) is 0 Å². The number of benzene rings is 1. The van der Waals surface area contributed by atoms with E-state index in [-0.39, 0.29) is 5.41 Å². The van der Waals surface area contributed by atoms with Crippen molar-refractivity contribution in [2.24, 2.45) is 5.41 Å². The minimum absolute atomic E-state index is 0.250. The lowest BCUT2D eigenvalue weighted by atomic mass is 9.93. The second kappa shape index (κ2) is 6.76. The summed E-state index contributed by atoms with van der Waals surface area (Å²) in [5.74, 6) is 0. The molecule has 0 heterocycles. The molecule has 0 saturated carbocycles. The molecule has 0 aliphatic heterocycles. The van der Waals surface area contributed by atoms with Crippen molar-refractivity contribution in [2.45, 2.75) is 20.4 Å². The molecule has 102 valence electrons. The summed E-state index contributed by atoms with van der Waals surface area (Å²) in [4.78, 5) is 2.21. The van der Waals surface area contributed by atoms with Crippen LogP contribution in [-0.2, 0) is 6.54 Å². The van der Waals surface area contributed by atoms with E-state index in [4.69, 9.17) is 23.2 Å². The third-order valence-electron chi connectivity index (χ3n) is 2.66. The Morgan fingerprint density at radius 3 is 2.39 bits per heavy atom. The van der Waals surface area contributed by atoms with Gasteiger partial charge < -0.3 is 10.2 Å². The molecule has 0 aromatic heterocycles. The fourth-order valence-corrected chi connectivity index (χ4v) is 2.43. The Hall–Kier alpha value is -0.280. The first-order valence-corrected chi connectivity index (χ1v) is 6.85. The van der Waals surface area contributed by atoms with Gasteiger partial charge in [-0.25, -0.2) is 0 Å². The monoisotopic (exact) mass is 288 g/mol. The van der Waals surface area contributed by atoms with Crippen LogP contribution in [0.15, 0.2) is 18.2 Å². The summed E-state index contributed by atoms with van der Waals surface area (Å²) >= 11 is 11.9. The second-order valence-corrected chi connectivity index (χ2v) is 6.57. The summed E-state index contributed by atoms with van der Waals surface area (Å²) in [5, 5.41) is 4.68. The van der Waals surface area contributed by atoms with E-state index in [0.717, 1.165) is 25.2 Å². The highest BCUT2D eigenvalue weighted by atomic mass is 35.5. The summed E-state index contributed by atoms with van der Waals surface area (Å²) in [6, 6.07) is 5.75. The van der Waals surface area contributed by atoms with Gasteiger partial charge in [0.15, 0.2) is 0 Å². The molecule has 0 fully saturated rings. The summed E-state index contributed by atoms with van der Waals surface area (Å²) in [6.07, 6.45) is 0. The molecule has 0 aliphatic carbocycles. The molecule has 1 rings (SSSR count). The number of nitrogens with one attached hydrogen (secondary N) is 1. The zero-order valence-electron chi connectivity index (χ0n) is 11.6. The fraction of sp³-hybridized carbons (Fsp3) is 0.571. The SMILES string of the molecule is CN(C)CC(C)(C)CNCc1ccc(Cl)c(Cl)c1. The molecule has 1 aromatic carbocycles. The molecule has 0 atom stereocenters. The van der Waals surface area contributed by atoms with E-state index in [2.05, 4.69) is 38.2 Å². The molecule has 0 spiro atoms. The molecule has 1 N–H and O–H groups in total. The van der Waals surface area contributed by atoms with E-state index in [1.165, 1.54) is 0 Å². The molecule has 0 bridgehead atoms. The Kier molecular flexibility index (Phi) is 5.93. The highest BCUT2D eigenvalue weighted by Gasteiger charge is 2.18. The lowest BCUT2D eigenvalue weighted by Gasteiger charge is -2.28. The maximum atomic E-state index is 5.99. The van der Waals surface area contributed by atoms with Crippen molar-refractivity contribution in [1.29, 1.82) is 0 Å². The van der Waals surface area contributed by atoms with Crippen LogP contribution in [0.5, 0.6) is 0 Å². The van der Waals surface area contributed by atoms with E-state index in [9.17, 15) is 0 Å². The minimum atomic E-state index is 0.250. The molecule has 18 heavy (non-hydrogen) atoms. The predicted octanol–water partition coefficient (Wildman–Crippen LogP) is 3.67. The smallest absolute Gasteiger partial charge is 0.0595 e. The number of hydrogen-bond donors (Lipinski definition) is 1. The van der Waals surface area contributed by atoms with Crippen LogP contribution >= 0.6 is 23.2 Å². The zero-order chi connectivity index (χ0) is 13.8. The lowest BCUT2D eigenvalue weighted by molar-refractivity contribution is 0.232. The van der Waals surface area contributed by atoms with Crippen LogP contribution < -0.4 is 5.32 Å². The molecule has 0 aliphatic rings. The molecule has 0 amide bonds. The molecule has 1 aromatic rings.